The molecular weight excluding hydrogens is 442 g/mol. The molecule has 4 aliphatic rings. The molecule has 0 saturated carbocycles. The first-order valence-corrected chi connectivity index (χ1v) is 11.0. The van der Waals surface area contributed by atoms with Crippen molar-refractivity contribution in [3.8, 4) is 0 Å². The molecule has 1 aromatic heterocycles. The number of nitrogens with zero attached hydrogens (tertiary/aromatic N) is 4. The third-order valence-corrected chi connectivity index (χ3v) is 7.00. The van der Waals surface area contributed by atoms with Gasteiger partial charge < -0.3 is 30.3 Å². The molecule has 34 heavy (non-hydrogen) atoms. The largest absolute Gasteiger partial charge is 0.543 e. The summed E-state index contributed by atoms with van der Waals surface area (Å²) in [5.41, 5.74) is 6.47. The number of likely N-dealkylation sites (tertiary alicyclic amines) is 1. The molecule has 5 rings (SSSR count). The fraction of sp³-hybridized carbons (Fsp3) is 0.391. The van der Waals surface area contributed by atoms with Crippen molar-refractivity contribution in [2.75, 3.05) is 18.0 Å². The second kappa shape index (κ2) is 7.79. The van der Waals surface area contributed by atoms with Crippen molar-refractivity contribution in [3.05, 3.63) is 47.4 Å². The molecule has 0 spiro atoms. The van der Waals surface area contributed by atoms with Gasteiger partial charge in [0.1, 0.15) is 11.7 Å². The van der Waals surface area contributed by atoms with Crippen molar-refractivity contribution < 1.29 is 33.6 Å². The number of allylic oxidation sites excluding steroid dienone is 1. The Balaban J connectivity index is 1.45. The minimum atomic E-state index is -1.47. The highest BCUT2D eigenvalue weighted by molar-refractivity contribution is 6.09. The van der Waals surface area contributed by atoms with Crippen LogP contribution in [0, 0.1) is 5.92 Å². The summed E-state index contributed by atoms with van der Waals surface area (Å²) in [5, 5.41) is 12.0. The number of β-lactam (4-membered cyclic amide) rings is 1. The van der Waals surface area contributed by atoms with E-state index in [1.54, 1.807) is 40.1 Å². The number of primary amides is 1. The third-order valence-electron chi connectivity index (χ3n) is 7.00. The topological polar surface area (TPSA) is 148 Å². The Hall–Kier alpha value is -4.02. The molecule has 11 heteroatoms. The Morgan fingerprint density at radius 1 is 1.26 bits per heavy atom. The van der Waals surface area contributed by atoms with Crippen LogP contribution in [-0.4, -0.2) is 64.6 Å². The number of carboxylic acids is 1. The molecule has 176 valence electrons. The van der Waals surface area contributed by atoms with Gasteiger partial charge in [0, 0.05) is 37.6 Å². The Kier molecular flexibility index (Phi) is 4.99. The van der Waals surface area contributed by atoms with Gasteiger partial charge in [-0.3, -0.25) is 19.2 Å². The first kappa shape index (κ1) is 21.8. The Bertz CT molecular complexity index is 1220. The smallest absolute Gasteiger partial charge is 0.283 e. The summed E-state index contributed by atoms with van der Waals surface area (Å²) in [6, 6.07) is 2.33. The maximum atomic E-state index is 13.2. The van der Waals surface area contributed by atoms with Gasteiger partial charge in [0.05, 0.1) is 17.7 Å². The molecule has 5 heterocycles. The van der Waals surface area contributed by atoms with Crippen LogP contribution in [0.2, 0.25) is 0 Å². The van der Waals surface area contributed by atoms with E-state index in [1.165, 1.54) is 16.7 Å². The SMILES string of the molecule is CC(=O)N1CCC2C(/C=C3\CCN(c4ccc[n+](CC(N)=O)c4)C3=O)=C(C(=O)[O-])N3C(=O)[C@@H]1[C@@H]23. The Morgan fingerprint density at radius 2 is 2.03 bits per heavy atom. The number of aliphatic carboxylic acids is 1. The number of aromatic nitrogens is 1. The van der Waals surface area contributed by atoms with Gasteiger partial charge in [-0.25, -0.2) is 0 Å². The van der Waals surface area contributed by atoms with E-state index in [1.807, 2.05) is 0 Å². The number of piperidine rings is 1. The first-order valence-electron chi connectivity index (χ1n) is 11.0. The number of carbonyl (C=O) groups excluding carboxylic acids is 5. The maximum absolute atomic E-state index is 13.2. The number of anilines is 1. The Morgan fingerprint density at radius 3 is 2.71 bits per heavy atom. The molecular formula is C23H23N5O6. The van der Waals surface area contributed by atoms with Crippen molar-refractivity contribution in [1.29, 1.82) is 0 Å². The number of nitrogens with two attached hydrogens (primary N) is 1. The highest BCUT2D eigenvalue weighted by Crippen LogP contribution is 2.49. The highest BCUT2D eigenvalue weighted by atomic mass is 16.4. The number of rotatable bonds is 5. The van der Waals surface area contributed by atoms with Gasteiger partial charge in [0.15, 0.2) is 12.4 Å². The maximum Gasteiger partial charge on any atom is 0.283 e. The quantitative estimate of drug-likeness (QED) is 0.291. The lowest BCUT2D eigenvalue weighted by atomic mass is 9.77. The van der Waals surface area contributed by atoms with Crippen LogP contribution in [0.3, 0.4) is 0 Å². The molecule has 0 aliphatic carbocycles. The molecule has 11 nitrogen and oxygen atoms in total. The molecule has 3 fully saturated rings. The number of hydrogen-bond acceptors (Lipinski definition) is 6. The minimum absolute atomic E-state index is 0.0220. The third kappa shape index (κ3) is 3.18. The van der Waals surface area contributed by atoms with Gasteiger partial charge >= 0.3 is 0 Å². The van der Waals surface area contributed by atoms with Crippen LogP contribution < -0.4 is 20.3 Å². The molecule has 4 aliphatic heterocycles. The van der Waals surface area contributed by atoms with E-state index in [0.29, 0.717) is 42.8 Å². The number of carboxylic acid groups (broad SMARTS) is 1. The summed E-state index contributed by atoms with van der Waals surface area (Å²) in [6.45, 7) is 2.10. The van der Waals surface area contributed by atoms with E-state index in [2.05, 4.69) is 0 Å². The molecule has 3 atom stereocenters. The van der Waals surface area contributed by atoms with E-state index < -0.39 is 29.9 Å². The summed E-state index contributed by atoms with van der Waals surface area (Å²) < 4.78 is 1.58. The molecule has 3 saturated heterocycles. The molecule has 2 N–H and O–H groups in total. The van der Waals surface area contributed by atoms with Crippen molar-refractivity contribution >= 4 is 35.3 Å². The van der Waals surface area contributed by atoms with Crippen molar-refractivity contribution in [3.63, 3.8) is 0 Å². The number of pyridine rings is 1. The highest BCUT2D eigenvalue weighted by Gasteiger charge is 2.62. The van der Waals surface area contributed by atoms with E-state index in [4.69, 9.17) is 5.73 Å². The van der Waals surface area contributed by atoms with Gasteiger partial charge in [0.25, 0.3) is 17.7 Å². The molecule has 4 amide bonds. The number of hydrogen-bond donors (Lipinski definition) is 1. The lowest BCUT2D eigenvalue weighted by Gasteiger charge is -2.53. The number of amides is 4. The van der Waals surface area contributed by atoms with Crippen molar-refractivity contribution in [1.82, 2.24) is 9.80 Å². The second-order valence-electron chi connectivity index (χ2n) is 8.92. The average molecular weight is 465 g/mol. The summed E-state index contributed by atoms with van der Waals surface area (Å²) in [7, 11) is 0. The van der Waals surface area contributed by atoms with Crippen LogP contribution in [0.5, 0.6) is 0 Å². The van der Waals surface area contributed by atoms with Crippen molar-refractivity contribution in [2.45, 2.75) is 38.4 Å². The predicted octanol–water partition coefficient (Wildman–Crippen LogP) is -2.41. The van der Waals surface area contributed by atoms with Crippen LogP contribution in [0.15, 0.2) is 47.4 Å². The average Bonchev–Trinajstić information content (AvgIpc) is 3.30. The first-order chi connectivity index (χ1) is 16.2. The Labute approximate surface area is 194 Å². The van der Waals surface area contributed by atoms with Gasteiger partial charge in [-0.05, 0) is 30.6 Å². The fourth-order valence-corrected chi connectivity index (χ4v) is 5.59. The fourth-order valence-electron chi connectivity index (χ4n) is 5.59. The van der Waals surface area contributed by atoms with Crippen LogP contribution in [0.25, 0.3) is 0 Å². The van der Waals surface area contributed by atoms with Gasteiger partial charge in [0.2, 0.25) is 12.5 Å². The monoisotopic (exact) mass is 465 g/mol. The molecule has 1 unspecified atom stereocenters. The zero-order valence-electron chi connectivity index (χ0n) is 18.5. The van der Waals surface area contributed by atoms with E-state index in [9.17, 15) is 29.1 Å². The van der Waals surface area contributed by atoms with E-state index >= 15 is 0 Å². The molecule has 0 aromatic carbocycles. The number of carbonyl (C=O) groups is 5. The van der Waals surface area contributed by atoms with Crippen molar-refractivity contribution in [2.24, 2.45) is 11.7 Å². The van der Waals surface area contributed by atoms with Gasteiger partial charge in [-0.1, -0.05) is 0 Å². The predicted molar refractivity (Wildman–Crippen MR) is 113 cm³/mol. The van der Waals surface area contributed by atoms with Crippen LogP contribution in [0.1, 0.15) is 19.8 Å². The molecule has 1 aromatic rings. The van der Waals surface area contributed by atoms with Crippen LogP contribution >= 0.6 is 0 Å². The summed E-state index contributed by atoms with van der Waals surface area (Å²) in [4.78, 5) is 65.4. The standard InChI is InChI=1S/C23H23N5O6/c1-12(29)26-8-5-15-16(19(23(33)34)28-18(15)20(26)22(28)32)9-13-4-7-27(21(13)31)14-3-2-6-25(10-14)11-17(24)30/h2-3,6,9-10,15,18,20H,4-5,7-8,11H2,1H3,(H2-,24,30,33,34)/b13-9+/t15?,18-,20+/m1/s1. The van der Waals surface area contributed by atoms with Gasteiger partial charge in [-0.2, -0.15) is 4.57 Å². The molecule has 0 radical (unpaired) electrons. The lowest BCUT2D eigenvalue weighted by Crippen LogP contribution is -2.73. The summed E-state index contributed by atoms with van der Waals surface area (Å²) >= 11 is 0. The zero-order valence-corrected chi connectivity index (χ0v) is 18.5. The lowest BCUT2D eigenvalue weighted by molar-refractivity contribution is -0.683. The van der Waals surface area contributed by atoms with Crippen LogP contribution in [-0.2, 0) is 30.5 Å². The van der Waals surface area contributed by atoms with E-state index in [-0.39, 0.29) is 30.0 Å². The normalized spacial score (nSPS) is 26.8. The summed E-state index contributed by atoms with van der Waals surface area (Å²) in [6.07, 6.45) is 5.79. The zero-order chi connectivity index (χ0) is 24.3. The minimum Gasteiger partial charge on any atom is -0.543 e. The van der Waals surface area contributed by atoms with Crippen LogP contribution in [0.4, 0.5) is 5.69 Å². The summed E-state index contributed by atoms with van der Waals surface area (Å²) in [5.74, 6) is -3.20. The second-order valence-corrected chi connectivity index (χ2v) is 8.92. The van der Waals surface area contributed by atoms with Gasteiger partial charge in [-0.15, -0.1) is 0 Å². The molecule has 0 bridgehead atoms. The van der Waals surface area contributed by atoms with E-state index in [0.717, 1.165) is 0 Å².